The van der Waals surface area contributed by atoms with E-state index in [-0.39, 0.29) is 5.91 Å². The van der Waals surface area contributed by atoms with Crippen molar-refractivity contribution >= 4 is 22.8 Å². The summed E-state index contributed by atoms with van der Waals surface area (Å²) in [6, 6.07) is 14.3. The first-order chi connectivity index (χ1) is 13.0. The highest BCUT2D eigenvalue weighted by Crippen LogP contribution is 2.18. The molecule has 0 saturated heterocycles. The molecule has 2 aromatic carbocycles. The number of fused-ring (bicyclic) bond motifs is 1. The molecular weight excluding hydrogens is 340 g/mol. The lowest BCUT2D eigenvalue weighted by Gasteiger charge is -2.19. The monoisotopic (exact) mass is 362 g/mol. The van der Waals surface area contributed by atoms with Gasteiger partial charge in [-0.15, -0.1) is 0 Å². The number of pyridine rings is 1. The van der Waals surface area contributed by atoms with Crippen LogP contribution in [0.25, 0.3) is 10.9 Å². The van der Waals surface area contributed by atoms with Crippen molar-refractivity contribution in [1.29, 1.82) is 0 Å². The van der Waals surface area contributed by atoms with E-state index in [2.05, 4.69) is 10.3 Å². The third kappa shape index (κ3) is 3.97. The molecule has 0 bridgehead atoms. The largest absolute Gasteiger partial charge is 0.467 e. The minimum absolute atomic E-state index is 0.346. The summed E-state index contributed by atoms with van der Waals surface area (Å²) in [5.74, 6) is -0.819. The zero-order valence-electron chi connectivity index (χ0n) is 15.7. The van der Waals surface area contributed by atoms with Crippen LogP contribution in [0.3, 0.4) is 0 Å². The number of aryl methyl sites for hydroxylation is 2. The number of para-hydroxylation sites is 1. The van der Waals surface area contributed by atoms with Gasteiger partial charge in [0, 0.05) is 18.0 Å². The van der Waals surface area contributed by atoms with Gasteiger partial charge in [0.1, 0.15) is 6.04 Å². The molecule has 1 aromatic heterocycles. The Morgan fingerprint density at radius 2 is 1.70 bits per heavy atom. The second-order valence-corrected chi connectivity index (χ2v) is 6.50. The number of nitrogens with zero attached hydrogens (tertiary/aromatic N) is 1. The second-order valence-electron chi connectivity index (χ2n) is 6.50. The molecule has 1 heterocycles. The molecule has 0 radical (unpaired) electrons. The number of hydrogen-bond acceptors (Lipinski definition) is 4. The molecule has 0 spiro atoms. The summed E-state index contributed by atoms with van der Waals surface area (Å²) >= 11 is 0. The Labute approximate surface area is 158 Å². The summed E-state index contributed by atoms with van der Waals surface area (Å²) in [7, 11) is 1.33. The van der Waals surface area contributed by atoms with Gasteiger partial charge >= 0.3 is 5.97 Å². The fourth-order valence-corrected chi connectivity index (χ4v) is 3.23. The lowest BCUT2D eigenvalue weighted by Crippen LogP contribution is -2.43. The van der Waals surface area contributed by atoms with Crippen molar-refractivity contribution in [3.63, 3.8) is 0 Å². The number of methoxy groups -OCH3 is 1. The van der Waals surface area contributed by atoms with Crippen LogP contribution in [-0.4, -0.2) is 30.0 Å². The van der Waals surface area contributed by atoms with E-state index < -0.39 is 12.0 Å². The van der Waals surface area contributed by atoms with Crippen LogP contribution in [0, 0.1) is 13.8 Å². The average Bonchev–Trinajstić information content (AvgIpc) is 2.68. The van der Waals surface area contributed by atoms with Gasteiger partial charge in [-0.3, -0.25) is 9.78 Å². The van der Waals surface area contributed by atoms with Gasteiger partial charge in [0.15, 0.2) is 0 Å². The zero-order chi connectivity index (χ0) is 19.4. The highest BCUT2D eigenvalue weighted by molar-refractivity contribution is 6.06. The number of esters is 1. The highest BCUT2D eigenvalue weighted by Gasteiger charge is 2.24. The highest BCUT2D eigenvalue weighted by atomic mass is 16.5. The summed E-state index contributed by atoms with van der Waals surface area (Å²) in [6.45, 7) is 3.99. The molecule has 0 aliphatic rings. The van der Waals surface area contributed by atoms with E-state index in [0.29, 0.717) is 17.5 Å². The Morgan fingerprint density at radius 3 is 2.41 bits per heavy atom. The van der Waals surface area contributed by atoms with E-state index in [1.54, 1.807) is 18.3 Å². The summed E-state index contributed by atoms with van der Waals surface area (Å²) in [5, 5.41) is 3.70. The van der Waals surface area contributed by atoms with Crippen LogP contribution in [0.5, 0.6) is 0 Å². The van der Waals surface area contributed by atoms with E-state index >= 15 is 0 Å². The van der Waals surface area contributed by atoms with Gasteiger partial charge in [0.2, 0.25) is 0 Å². The molecule has 0 aliphatic carbocycles. The van der Waals surface area contributed by atoms with E-state index in [1.807, 2.05) is 50.2 Å². The van der Waals surface area contributed by atoms with Crippen LogP contribution in [0.15, 0.2) is 54.7 Å². The lowest BCUT2D eigenvalue weighted by molar-refractivity contribution is -0.142. The maximum Gasteiger partial charge on any atom is 0.328 e. The van der Waals surface area contributed by atoms with E-state index in [4.69, 9.17) is 4.74 Å². The molecular formula is C22H22N2O3. The number of nitrogens with one attached hydrogen (secondary N) is 1. The number of carbonyl (C=O) groups is 2. The van der Waals surface area contributed by atoms with Crippen molar-refractivity contribution in [1.82, 2.24) is 10.3 Å². The molecule has 1 N–H and O–H groups in total. The Balaban J connectivity index is 1.90. The van der Waals surface area contributed by atoms with Crippen LogP contribution < -0.4 is 5.32 Å². The molecule has 0 unspecified atom stereocenters. The fraction of sp³-hybridized carbons (Fsp3) is 0.227. The standard InChI is InChI=1S/C22H22N2O3/c1-14-7-4-8-15(2)18(14)13-19(22(26)27-3)24-21(25)17-11-5-9-16-10-6-12-23-20(16)17/h4-12,19H,13H2,1-3H3,(H,24,25)/t19-/m1/s1. The molecule has 0 fully saturated rings. The number of rotatable bonds is 5. The van der Waals surface area contributed by atoms with Gasteiger partial charge in [-0.25, -0.2) is 4.79 Å². The van der Waals surface area contributed by atoms with Gasteiger partial charge in [-0.2, -0.15) is 0 Å². The van der Waals surface area contributed by atoms with Crippen molar-refractivity contribution in [3.05, 3.63) is 77.0 Å². The zero-order valence-corrected chi connectivity index (χ0v) is 15.7. The smallest absolute Gasteiger partial charge is 0.328 e. The molecule has 3 rings (SSSR count). The molecule has 5 heteroatoms. The number of carbonyl (C=O) groups excluding carboxylic acids is 2. The molecule has 1 amide bonds. The lowest BCUT2D eigenvalue weighted by atomic mass is 9.96. The molecule has 138 valence electrons. The maximum atomic E-state index is 12.9. The van der Waals surface area contributed by atoms with Gasteiger partial charge in [-0.05, 0) is 42.7 Å². The quantitative estimate of drug-likeness (QED) is 0.707. The first kappa shape index (κ1) is 18.6. The SMILES string of the molecule is COC(=O)[C@@H](Cc1c(C)cccc1C)NC(=O)c1cccc2cccnc12. The van der Waals surface area contributed by atoms with Crippen molar-refractivity contribution in [2.24, 2.45) is 0 Å². The van der Waals surface area contributed by atoms with Crippen LogP contribution in [0.4, 0.5) is 0 Å². The Bertz CT molecular complexity index is 972. The first-order valence-corrected chi connectivity index (χ1v) is 8.78. The van der Waals surface area contributed by atoms with Crippen molar-refractivity contribution < 1.29 is 14.3 Å². The normalized spacial score (nSPS) is 11.8. The molecule has 0 saturated carbocycles. The minimum atomic E-state index is -0.777. The van der Waals surface area contributed by atoms with Crippen molar-refractivity contribution in [3.8, 4) is 0 Å². The summed E-state index contributed by atoms with van der Waals surface area (Å²) in [4.78, 5) is 29.5. The number of ether oxygens (including phenoxy) is 1. The summed E-state index contributed by atoms with van der Waals surface area (Å²) in [6.07, 6.45) is 2.02. The van der Waals surface area contributed by atoms with Crippen molar-refractivity contribution in [2.45, 2.75) is 26.3 Å². The van der Waals surface area contributed by atoms with E-state index in [1.165, 1.54) is 7.11 Å². The third-order valence-electron chi connectivity index (χ3n) is 4.72. The fourth-order valence-electron chi connectivity index (χ4n) is 3.23. The summed E-state index contributed by atoms with van der Waals surface area (Å²) in [5.41, 5.74) is 4.22. The molecule has 27 heavy (non-hydrogen) atoms. The van der Waals surface area contributed by atoms with Crippen LogP contribution >= 0.6 is 0 Å². The van der Waals surface area contributed by atoms with Crippen LogP contribution in [0.1, 0.15) is 27.0 Å². The molecule has 3 aromatic rings. The second kappa shape index (κ2) is 7.99. The van der Waals surface area contributed by atoms with E-state index in [0.717, 1.165) is 22.1 Å². The number of amides is 1. The van der Waals surface area contributed by atoms with Gasteiger partial charge < -0.3 is 10.1 Å². The summed E-state index contributed by atoms with van der Waals surface area (Å²) < 4.78 is 4.92. The Hall–Kier alpha value is -3.21. The van der Waals surface area contributed by atoms with Gasteiger partial charge in [0.05, 0.1) is 18.2 Å². The van der Waals surface area contributed by atoms with E-state index in [9.17, 15) is 9.59 Å². The maximum absolute atomic E-state index is 12.9. The van der Waals surface area contributed by atoms with Gasteiger partial charge in [0.25, 0.3) is 5.91 Å². The minimum Gasteiger partial charge on any atom is -0.467 e. The number of aromatic nitrogens is 1. The van der Waals surface area contributed by atoms with Crippen LogP contribution in [0.2, 0.25) is 0 Å². The Kier molecular flexibility index (Phi) is 5.50. The van der Waals surface area contributed by atoms with Gasteiger partial charge in [-0.1, -0.05) is 36.4 Å². The predicted molar refractivity (Wildman–Crippen MR) is 105 cm³/mol. The Morgan fingerprint density at radius 1 is 1.04 bits per heavy atom. The van der Waals surface area contributed by atoms with Crippen molar-refractivity contribution in [2.75, 3.05) is 7.11 Å². The van der Waals surface area contributed by atoms with Crippen LogP contribution in [-0.2, 0) is 16.0 Å². The molecule has 1 atom stereocenters. The predicted octanol–water partition coefficient (Wildman–Crippen LogP) is 3.37. The topological polar surface area (TPSA) is 68.3 Å². The number of benzene rings is 2. The molecule has 0 aliphatic heterocycles. The third-order valence-corrected chi connectivity index (χ3v) is 4.72. The average molecular weight is 362 g/mol. The number of hydrogen-bond donors (Lipinski definition) is 1. The molecule has 5 nitrogen and oxygen atoms in total. The first-order valence-electron chi connectivity index (χ1n) is 8.78.